The predicted molar refractivity (Wildman–Crippen MR) is 128 cm³/mol. The molecule has 1 aliphatic carbocycles. The molecule has 3 aromatic heterocycles. The van der Waals surface area contributed by atoms with Gasteiger partial charge in [-0.25, -0.2) is 19.3 Å². The molecule has 2 unspecified atom stereocenters. The first-order valence-corrected chi connectivity index (χ1v) is 10.7. The first-order chi connectivity index (χ1) is 16.0. The van der Waals surface area contributed by atoms with E-state index >= 15 is 0 Å². The van der Waals surface area contributed by atoms with Crippen molar-refractivity contribution in [1.82, 2.24) is 15.0 Å². The summed E-state index contributed by atoms with van der Waals surface area (Å²) in [7, 11) is 1.59. The van der Waals surface area contributed by atoms with Crippen LogP contribution in [-0.4, -0.2) is 22.1 Å². The van der Waals surface area contributed by atoms with E-state index in [0.717, 1.165) is 22.5 Å². The maximum absolute atomic E-state index is 13.9. The molecule has 4 N–H and O–H groups in total. The lowest BCUT2D eigenvalue weighted by molar-refractivity contribution is 0.395. The molecule has 0 saturated heterocycles. The predicted octanol–water partition coefficient (Wildman–Crippen LogP) is 5.09. The average Bonchev–Trinajstić information content (AvgIpc) is 3.05. The van der Waals surface area contributed by atoms with Gasteiger partial charge in [0.15, 0.2) is 0 Å². The minimum Gasteiger partial charge on any atom is -0.481 e. The lowest BCUT2D eigenvalue weighted by atomic mass is 9.81. The molecule has 6 nitrogen and oxygen atoms in total. The Hall–Kier alpha value is -4.00. The van der Waals surface area contributed by atoms with E-state index in [1.165, 1.54) is 6.08 Å². The van der Waals surface area contributed by atoms with Gasteiger partial charge in [-0.05, 0) is 47.9 Å². The molecule has 3 heterocycles. The third-order valence-electron chi connectivity index (χ3n) is 5.63. The molecule has 0 aromatic carbocycles. The maximum Gasteiger partial charge on any atom is 0.213 e. The van der Waals surface area contributed by atoms with Crippen LogP contribution in [0.1, 0.15) is 41.6 Å². The summed E-state index contributed by atoms with van der Waals surface area (Å²) in [6.07, 6.45) is 9.74. The summed E-state index contributed by atoms with van der Waals surface area (Å²) in [5, 5.41) is 0. The number of pyridine rings is 3. The Morgan fingerprint density at radius 3 is 2.45 bits per heavy atom. The molecule has 0 amide bonds. The van der Waals surface area contributed by atoms with Crippen molar-refractivity contribution in [3.8, 4) is 5.88 Å². The van der Waals surface area contributed by atoms with Crippen LogP contribution in [0.5, 0.6) is 5.88 Å². The Labute approximate surface area is 192 Å². The molecule has 2 atom stereocenters. The lowest BCUT2D eigenvalue weighted by Crippen LogP contribution is -2.13. The van der Waals surface area contributed by atoms with Crippen molar-refractivity contribution < 1.29 is 9.13 Å². The van der Waals surface area contributed by atoms with E-state index in [2.05, 4.69) is 9.97 Å². The second-order valence-corrected chi connectivity index (χ2v) is 7.84. The summed E-state index contributed by atoms with van der Waals surface area (Å²) in [6.45, 7) is 0. The lowest BCUT2D eigenvalue weighted by Gasteiger charge is -2.25. The number of rotatable bonds is 7. The van der Waals surface area contributed by atoms with Gasteiger partial charge in [-0.1, -0.05) is 36.4 Å². The van der Waals surface area contributed by atoms with Crippen LogP contribution >= 0.6 is 0 Å². The van der Waals surface area contributed by atoms with Crippen molar-refractivity contribution in [2.75, 3.05) is 18.6 Å². The number of hydrogen-bond donors (Lipinski definition) is 2. The van der Waals surface area contributed by atoms with Crippen LogP contribution in [0.15, 0.2) is 90.4 Å². The van der Waals surface area contributed by atoms with Crippen LogP contribution in [-0.2, 0) is 0 Å². The van der Waals surface area contributed by atoms with Crippen LogP contribution in [0.25, 0.3) is 0 Å². The van der Waals surface area contributed by atoms with E-state index in [1.807, 2.05) is 54.6 Å². The van der Waals surface area contributed by atoms with Crippen molar-refractivity contribution in [1.29, 1.82) is 0 Å². The molecule has 1 aliphatic rings. The van der Waals surface area contributed by atoms with Gasteiger partial charge in [-0.15, -0.1) is 0 Å². The molecule has 7 heteroatoms. The third kappa shape index (κ3) is 5.44. The second-order valence-electron chi connectivity index (χ2n) is 7.84. The Morgan fingerprint density at radius 2 is 1.73 bits per heavy atom. The highest BCUT2D eigenvalue weighted by Crippen LogP contribution is 2.39. The second kappa shape index (κ2) is 10.1. The van der Waals surface area contributed by atoms with E-state index < -0.39 is 0 Å². The molecule has 0 radical (unpaired) electrons. The summed E-state index contributed by atoms with van der Waals surface area (Å²) in [6, 6.07) is 15.0. The van der Waals surface area contributed by atoms with Crippen molar-refractivity contribution in [2.45, 2.75) is 24.7 Å². The quantitative estimate of drug-likeness (QED) is 0.528. The smallest absolute Gasteiger partial charge is 0.213 e. The number of halogens is 1. The van der Waals surface area contributed by atoms with Crippen LogP contribution in [0.4, 0.5) is 16.0 Å². The van der Waals surface area contributed by atoms with Gasteiger partial charge in [0.2, 0.25) is 5.88 Å². The topological polar surface area (TPSA) is 99.9 Å². The van der Waals surface area contributed by atoms with E-state index in [-0.39, 0.29) is 24.1 Å². The number of ether oxygens (including phenoxy) is 1. The standard InChI is InChI=1S/C26H26FN5O/c1-33-26-10-4-8-23(32-26)21(18-12-14-24(28)30-16-18)15-20(22-7-3-9-25(29)31-22)17-5-2-6-19(27)13-11-17/h2-5,7-14,16,20-21H,6,15H2,1H3,(H2,28,30)(H2,29,31). The maximum atomic E-state index is 13.9. The minimum atomic E-state index is -0.186. The van der Waals surface area contributed by atoms with E-state index in [1.54, 1.807) is 25.4 Å². The van der Waals surface area contributed by atoms with Gasteiger partial charge in [0.25, 0.3) is 0 Å². The molecule has 0 aliphatic heterocycles. The zero-order valence-corrected chi connectivity index (χ0v) is 18.4. The molecular formula is C26H26FN5O. The molecule has 0 fully saturated rings. The van der Waals surface area contributed by atoms with Gasteiger partial charge in [-0.2, -0.15) is 0 Å². The number of methoxy groups -OCH3 is 1. The molecule has 3 aromatic rings. The molecule has 0 spiro atoms. The largest absolute Gasteiger partial charge is 0.481 e. The number of nitrogens with zero attached hydrogens (tertiary/aromatic N) is 3. The molecule has 0 bridgehead atoms. The normalized spacial score (nSPS) is 15.2. The zero-order chi connectivity index (χ0) is 23.2. The minimum absolute atomic E-state index is 0.146. The monoisotopic (exact) mass is 443 g/mol. The Balaban J connectivity index is 1.82. The number of nitrogens with two attached hydrogens (primary N) is 2. The molecule has 4 rings (SSSR count). The van der Waals surface area contributed by atoms with Crippen molar-refractivity contribution >= 4 is 11.6 Å². The molecule has 33 heavy (non-hydrogen) atoms. The summed E-state index contributed by atoms with van der Waals surface area (Å²) in [5.41, 5.74) is 15.4. The van der Waals surface area contributed by atoms with Crippen LogP contribution in [0, 0.1) is 0 Å². The number of aromatic nitrogens is 3. The average molecular weight is 444 g/mol. The van der Waals surface area contributed by atoms with Crippen molar-refractivity contribution in [3.05, 3.63) is 107 Å². The van der Waals surface area contributed by atoms with Crippen molar-refractivity contribution in [2.24, 2.45) is 0 Å². The summed E-state index contributed by atoms with van der Waals surface area (Å²) in [4.78, 5) is 13.6. The zero-order valence-electron chi connectivity index (χ0n) is 18.4. The fourth-order valence-corrected chi connectivity index (χ4v) is 3.97. The first-order valence-electron chi connectivity index (χ1n) is 10.7. The molecule has 168 valence electrons. The van der Waals surface area contributed by atoms with Gasteiger partial charge < -0.3 is 16.2 Å². The highest BCUT2D eigenvalue weighted by atomic mass is 19.1. The number of hydrogen-bond acceptors (Lipinski definition) is 6. The third-order valence-corrected chi connectivity index (χ3v) is 5.63. The SMILES string of the molecule is COc1cccc(C(CC(C2=CC=C(F)CC=C2)c2cccc(N)n2)c2ccc(N)nc2)n1. The van der Waals surface area contributed by atoms with Crippen LogP contribution in [0.2, 0.25) is 0 Å². The van der Waals surface area contributed by atoms with Gasteiger partial charge >= 0.3 is 0 Å². The number of anilines is 2. The molecule has 0 saturated carbocycles. The highest BCUT2D eigenvalue weighted by molar-refractivity contribution is 5.42. The number of nitrogen functional groups attached to an aromatic ring is 2. The Kier molecular flexibility index (Phi) is 6.78. The number of allylic oxidation sites excluding steroid dienone is 6. The van der Waals surface area contributed by atoms with E-state index in [9.17, 15) is 4.39 Å². The summed E-state index contributed by atoms with van der Waals surface area (Å²) < 4.78 is 19.3. The first kappa shape index (κ1) is 22.2. The van der Waals surface area contributed by atoms with Crippen molar-refractivity contribution in [3.63, 3.8) is 0 Å². The van der Waals surface area contributed by atoms with E-state index in [0.29, 0.717) is 23.9 Å². The molecular weight excluding hydrogens is 417 g/mol. The highest BCUT2D eigenvalue weighted by Gasteiger charge is 2.26. The van der Waals surface area contributed by atoms with E-state index in [4.69, 9.17) is 21.2 Å². The van der Waals surface area contributed by atoms with Gasteiger partial charge in [-0.3, -0.25) is 0 Å². The van der Waals surface area contributed by atoms with Gasteiger partial charge in [0, 0.05) is 30.5 Å². The van der Waals surface area contributed by atoms with Gasteiger partial charge in [0.05, 0.1) is 18.5 Å². The fraction of sp³-hybridized carbons (Fsp3) is 0.192. The van der Waals surface area contributed by atoms with Gasteiger partial charge in [0.1, 0.15) is 17.5 Å². The van der Waals surface area contributed by atoms with Crippen LogP contribution in [0.3, 0.4) is 0 Å². The van der Waals surface area contributed by atoms with Crippen LogP contribution < -0.4 is 16.2 Å². The Bertz CT molecular complexity index is 1200. The summed E-state index contributed by atoms with van der Waals surface area (Å²) >= 11 is 0. The summed E-state index contributed by atoms with van der Waals surface area (Å²) in [5.74, 6) is 0.908. The fourth-order valence-electron chi connectivity index (χ4n) is 3.97. The Morgan fingerprint density at radius 1 is 0.939 bits per heavy atom.